The molecule has 0 radical (unpaired) electrons. The van der Waals surface area contributed by atoms with E-state index in [-0.39, 0.29) is 31.1 Å². The Morgan fingerprint density at radius 3 is 2.16 bits per heavy atom. The van der Waals surface area contributed by atoms with Crippen LogP contribution < -0.4 is 0 Å². The zero-order chi connectivity index (χ0) is 32.1. The van der Waals surface area contributed by atoms with Crippen LogP contribution in [0.3, 0.4) is 0 Å². The highest BCUT2D eigenvalue weighted by Gasteiger charge is 2.79. The molecule has 5 aliphatic rings. The molecule has 0 bridgehead atoms. The number of halogens is 5. The maximum absolute atomic E-state index is 15.3. The zero-order valence-corrected chi connectivity index (χ0v) is 25.4. The Kier molecular flexibility index (Phi) is 7.48. The van der Waals surface area contributed by atoms with Crippen molar-refractivity contribution in [3.63, 3.8) is 0 Å². The van der Waals surface area contributed by atoms with Crippen molar-refractivity contribution in [2.45, 2.75) is 113 Å². The molecule has 1 spiro atoms. The third kappa shape index (κ3) is 4.62. The summed E-state index contributed by atoms with van der Waals surface area (Å²) < 4.78 is 84.5. The van der Waals surface area contributed by atoms with Gasteiger partial charge in [-0.3, -0.25) is 0 Å². The number of hydrogen-bond donors (Lipinski definition) is 4. The first kappa shape index (κ1) is 32.3. The van der Waals surface area contributed by atoms with Crippen LogP contribution in [0.25, 0.3) is 0 Å². The van der Waals surface area contributed by atoms with Crippen LogP contribution in [0.5, 0.6) is 0 Å². The molecule has 1 unspecified atom stereocenters. The summed E-state index contributed by atoms with van der Waals surface area (Å²) in [5, 5.41) is 43.2. The van der Waals surface area contributed by atoms with Crippen molar-refractivity contribution < 1.29 is 51.9 Å². The number of hydrogen-bond acceptors (Lipinski definition) is 6. The highest BCUT2D eigenvalue weighted by molar-refractivity contribution is 5.45. The van der Waals surface area contributed by atoms with Gasteiger partial charge in [-0.05, 0) is 67.1 Å². The molecule has 1 aliphatic heterocycles. The van der Waals surface area contributed by atoms with Gasteiger partial charge in [0.15, 0.2) is 5.79 Å². The van der Waals surface area contributed by atoms with Gasteiger partial charge in [0.1, 0.15) is 11.7 Å². The summed E-state index contributed by atoms with van der Waals surface area (Å²) in [5.41, 5.74) is -3.84. The monoisotopic (exact) mass is 630 g/mol. The predicted molar refractivity (Wildman–Crippen MR) is 150 cm³/mol. The number of alkyl halides is 5. The lowest BCUT2D eigenvalue weighted by molar-refractivity contribution is -0.362. The number of allylic oxidation sites excluding steroid dienone is 1. The second-order valence-electron chi connectivity index (χ2n) is 15.1. The van der Waals surface area contributed by atoms with Crippen LogP contribution >= 0.6 is 0 Å². The van der Waals surface area contributed by atoms with E-state index < -0.39 is 71.4 Å². The Balaban J connectivity index is 1.45. The second-order valence-corrected chi connectivity index (χ2v) is 15.1. The van der Waals surface area contributed by atoms with Gasteiger partial charge in [0.25, 0.3) is 0 Å². The van der Waals surface area contributed by atoms with Crippen molar-refractivity contribution in [2.75, 3.05) is 19.8 Å². The normalized spacial score (nSPS) is 39.0. The van der Waals surface area contributed by atoms with Crippen LogP contribution in [0, 0.1) is 22.7 Å². The molecular formula is C33H43F5O6. The van der Waals surface area contributed by atoms with E-state index in [9.17, 15) is 33.6 Å². The lowest BCUT2D eigenvalue weighted by atomic mass is 9.49. The van der Waals surface area contributed by atoms with E-state index in [4.69, 9.17) is 9.47 Å². The van der Waals surface area contributed by atoms with Crippen LogP contribution in [0.15, 0.2) is 35.4 Å². The zero-order valence-electron chi connectivity index (χ0n) is 25.4. The predicted octanol–water partition coefficient (Wildman–Crippen LogP) is 5.94. The van der Waals surface area contributed by atoms with Gasteiger partial charge in [0.2, 0.25) is 0 Å². The fourth-order valence-corrected chi connectivity index (χ4v) is 9.36. The molecule has 4 aliphatic carbocycles. The molecule has 246 valence electrons. The topological polar surface area (TPSA) is 99.4 Å². The minimum Gasteiger partial charge on any atom is -0.393 e. The number of rotatable bonds is 4. The van der Waals surface area contributed by atoms with Crippen molar-refractivity contribution >= 4 is 0 Å². The van der Waals surface area contributed by atoms with Crippen molar-refractivity contribution in [2.24, 2.45) is 22.7 Å². The first-order valence-corrected chi connectivity index (χ1v) is 15.6. The van der Waals surface area contributed by atoms with E-state index in [1.165, 1.54) is 6.92 Å². The maximum atomic E-state index is 15.3. The average molecular weight is 631 g/mol. The number of ether oxygens (including phenoxy) is 2. The molecule has 6 nitrogen and oxygen atoms in total. The van der Waals surface area contributed by atoms with Crippen LogP contribution in [0.1, 0.15) is 95.3 Å². The van der Waals surface area contributed by atoms with Crippen molar-refractivity contribution in [1.82, 2.24) is 0 Å². The number of fused-ring (bicyclic) bond motifs is 4. The van der Waals surface area contributed by atoms with Crippen LogP contribution in [0.4, 0.5) is 22.0 Å². The van der Waals surface area contributed by atoms with E-state index >= 15 is 8.78 Å². The Morgan fingerprint density at radius 2 is 1.57 bits per heavy atom. The third-order valence-electron chi connectivity index (χ3n) is 11.8. The standard InChI is InChI=1S/C33H43F5O6/c1-27(2)17-43-30(44-18-27)12-9-24-26-21(8-11-29(24,41)16-30)23-10-13-31(42,32(34,35)33(36,37)38)28(23,3)14-22(26)19-4-6-20(7-5-19)25(40)15-39/h4-7,21-23,25,39-42H,8-18H2,1-3H3/t21-,22+,23-,25?,28-,29+,31-/m0/s1. The largest absolute Gasteiger partial charge is 0.456 e. The van der Waals surface area contributed by atoms with Gasteiger partial charge in [-0.2, -0.15) is 22.0 Å². The number of benzene rings is 1. The molecule has 1 aromatic rings. The molecule has 0 amide bonds. The molecule has 1 aromatic carbocycles. The first-order chi connectivity index (χ1) is 20.3. The van der Waals surface area contributed by atoms with Gasteiger partial charge in [-0.1, -0.05) is 50.6 Å². The molecule has 6 rings (SSSR count). The molecule has 1 heterocycles. The molecule has 7 atom stereocenters. The minimum atomic E-state index is -5.92. The first-order valence-electron chi connectivity index (χ1n) is 15.6. The lowest BCUT2D eigenvalue weighted by Gasteiger charge is -2.59. The van der Waals surface area contributed by atoms with Gasteiger partial charge in [0.05, 0.1) is 25.4 Å². The van der Waals surface area contributed by atoms with E-state index in [1.807, 2.05) is 13.8 Å². The average Bonchev–Trinajstić information content (AvgIpc) is 3.24. The fourth-order valence-electron chi connectivity index (χ4n) is 9.36. The Morgan fingerprint density at radius 1 is 0.932 bits per heavy atom. The molecule has 4 fully saturated rings. The van der Waals surface area contributed by atoms with Crippen molar-refractivity contribution in [3.05, 3.63) is 46.5 Å². The highest BCUT2D eigenvalue weighted by Crippen LogP contribution is 2.71. The third-order valence-corrected chi connectivity index (χ3v) is 11.8. The Hall–Kier alpha value is -1.63. The van der Waals surface area contributed by atoms with Crippen molar-refractivity contribution in [3.8, 4) is 0 Å². The number of aliphatic hydroxyl groups is 4. The molecule has 4 N–H and O–H groups in total. The van der Waals surface area contributed by atoms with E-state index in [0.29, 0.717) is 43.6 Å². The summed E-state index contributed by atoms with van der Waals surface area (Å²) in [6.07, 6.45) is -6.14. The van der Waals surface area contributed by atoms with E-state index in [0.717, 1.165) is 11.1 Å². The second kappa shape index (κ2) is 10.2. The molecule has 11 heteroatoms. The highest BCUT2D eigenvalue weighted by atomic mass is 19.4. The smallest absolute Gasteiger partial charge is 0.393 e. The van der Waals surface area contributed by atoms with E-state index in [2.05, 4.69) is 0 Å². The lowest BCUT2D eigenvalue weighted by Crippen LogP contribution is -2.65. The van der Waals surface area contributed by atoms with Crippen LogP contribution in [-0.2, 0) is 9.47 Å². The van der Waals surface area contributed by atoms with Gasteiger partial charge >= 0.3 is 12.1 Å². The molecule has 44 heavy (non-hydrogen) atoms. The Labute approximate surface area is 254 Å². The summed E-state index contributed by atoms with van der Waals surface area (Å²) in [5.74, 6) is -7.97. The minimum absolute atomic E-state index is 0.0120. The molecule has 1 saturated heterocycles. The summed E-state index contributed by atoms with van der Waals surface area (Å²) in [4.78, 5) is 0. The summed E-state index contributed by atoms with van der Waals surface area (Å²) in [6.45, 7) is 5.89. The molecular weight excluding hydrogens is 587 g/mol. The quantitative estimate of drug-likeness (QED) is 0.243. The van der Waals surface area contributed by atoms with Crippen LogP contribution in [0.2, 0.25) is 0 Å². The van der Waals surface area contributed by atoms with Crippen LogP contribution in [-0.4, -0.2) is 69.3 Å². The summed E-state index contributed by atoms with van der Waals surface area (Å²) >= 11 is 0. The SMILES string of the molecule is CC1(C)COC2(CCC3=C4[C@@H](CC[C@@]3(O)C2)[C@@H]2CC[C@@](O)(C(F)(F)C(F)(F)F)[C@@]2(C)C[C@@H]4c2ccc(C(O)CO)cc2)OC1. The Bertz CT molecular complexity index is 1300. The van der Waals surface area contributed by atoms with Gasteiger partial charge in [-0.15, -0.1) is 0 Å². The van der Waals surface area contributed by atoms with Gasteiger partial charge in [0, 0.05) is 29.6 Å². The van der Waals surface area contributed by atoms with E-state index in [1.54, 1.807) is 24.3 Å². The molecule has 3 saturated carbocycles. The van der Waals surface area contributed by atoms with Gasteiger partial charge in [-0.25, -0.2) is 0 Å². The molecule has 0 aromatic heterocycles. The fraction of sp³-hybridized carbons (Fsp3) is 0.758. The number of aliphatic hydroxyl groups excluding tert-OH is 2. The van der Waals surface area contributed by atoms with Gasteiger partial charge < -0.3 is 29.9 Å². The summed E-state index contributed by atoms with van der Waals surface area (Å²) in [6, 6.07) is 6.59. The summed E-state index contributed by atoms with van der Waals surface area (Å²) in [7, 11) is 0. The maximum Gasteiger partial charge on any atom is 0.456 e. The van der Waals surface area contributed by atoms with Crippen molar-refractivity contribution in [1.29, 1.82) is 0 Å².